The number of hydrogen-bond donors (Lipinski definition) is 0. The lowest BCUT2D eigenvalue weighted by atomic mass is 9.99. The lowest BCUT2D eigenvalue weighted by Gasteiger charge is -2.09. The Morgan fingerprint density at radius 2 is 1.47 bits per heavy atom. The molecule has 9 heteroatoms. The third kappa shape index (κ3) is 2.94. The Labute approximate surface area is 168 Å². The lowest BCUT2D eigenvalue weighted by molar-refractivity contribution is -0.137. The maximum absolute atomic E-state index is 12.8. The van der Waals surface area contributed by atoms with Gasteiger partial charge in [-0.1, -0.05) is 24.3 Å². The maximum Gasteiger partial charge on any atom is 0.416 e. The summed E-state index contributed by atoms with van der Waals surface area (Å²) >= 11 is 0. The normalized spacial score (nSPS) is 13.1. The van der Waals surface area contributed by atoms with Gasteiger partial charge in [0.25, 0.3) is 0 Å². The van der Waals surface area contributed by atoms with E-state index in [1.807, 2.05) is 6.07 Å². The second-order valence-corrected chi connectivity index (χ2v) is 6.23. The minimum atomic E-state index is -4.43. The molecule has 30 heavy (non-hydrogen) atoms. The van der Waals surface area contributed by atoms with Crippen LogP contribution in [0.25, 0.3) is 27.3 Å². The molecule has 0 saturated heterocycles. The first-order valence-electron chi connectivity index (χ1n) is 8.37. The fourth-order valence-electron chi connectivity index (χ4n) is 3.20. The zero-order valence-electron chi connectivity index (χ0n) is 14.9. The molecule has 1 aromatic heterocycles. The van der Waals surface area contributed by atoms with Crippen molar-refractivity contribution in [1.82, 2.24) is 9.97 Å². The van der Waals surface area contributed by atoms with Crippen LogP contribution in [0.5, 0.6) is 0 Å². The van der Waals surface area contributed by atoms with Crippen LogP contribution >= 0.6 is 0 Å². The molecular weight excluding hydrogens is 393 g/mol. The molecule has 2 aromatic carbocycles. The minimum Gasteiger partial charge on any atom is -0.232 e. The van der Waals surface area contributed by atoms with E-state index in [1.54, 1.807) is 24.3 Å². The molecule has 1 aliphatic carbocycles. The average molecular weight is 400 g/mol. The van der Waals surface area contributed by atoms with Crippen molar-refractivity contribution in [3.8, 4) is 34.5 Å². The molecule has 0 radical (unpaired) electrons. The van der Waals surface area contributed by atoms with Gasteiger partial charge in [0.2, 0.25) is 0 Å². The topological polar surface area (TPSA) is 90.1 Å². The largest absolute Gasteiger partial charge is 0.416 e. The molecule has 0 amide bonds. The van der Waals surface area contributed by atoms with Crippen molar-refractivity contribution in [2.24, 2.45) is 5.10 Å². The van der Waals surface area contributed by atoms with Crippen LogP contribution in [0.15, 0.2) is 47.6 Å². The van der Waals surface area contributed by atoms with Gasteiger partial charge in [-0.2, -0.15) is 30.3 Å². The average Bonchev–Trinajstić information content (AvgIpc) is 3.04. The van der Waals surface area contributed by atoms with Crippen LogP contribution in [0, 0.1) is 29.2 Å². The van der Waals surface area contributed by atoms with Crippen LogP contribution in [0.1, 0.15) is 28.2 Å². The van der Waals surface area contributed by atoms with E-state index in [2.05, 4.69) is 20.0 Å². The van der Waals surface area contributed by atoms with E-state index < -0.39 is 11.7 Å². The standard InChI is InChI=1S/C21H7F3N6/c1-27-30-19-14-7-4-12(11-2-5-13(6-3-11)21(22,23)24)8-15(14)18-20(19)29-17(10-26)16(9-25)28-18/h2-8H/b30-19-. The fraction of sp³-hybridized carbons (Fsp3) is 0.0476. The Morgan fingerprint density at radius 3 is 2.03 bits per heavy atom. The predicted molar refractivity (Wildman–Crippen MR) is 99.6 cm³/mol. The second-order valence-electron chi connectivity index (χ2n) is 6.23. The van der Waals surface area contributed by atoms with Crippen LogP contribution in [0.3, 0.4) is 0 Å². The van der Waals surface area contributed by atoms with Crippen LogP contribution < -0.4 is 0 Å². The second kappa shape index (κ2) is 6.80. The van der Waals surface area contributed by atoms with Gasteiger partial charge < -0.3 is 0 Å². The zero-order valence-corrected chi connectivity index (χ0v) is 14.9. The summed E-state index contributed by atoms with van der Waals surface area (Å²) in [7, 11) is 0. The van der Waals surface area contributed by atoms with E-state index in [0.29, 0.717) is 22.3 Å². The summed E-state index contributed by atoms with van der Waals surface area (Å²) in [5.41, 5.74) is 1.86. The molecule has 4 rings (SSSR count). The lowest BCUT2D eigenvalue weighted by Crippen LogP contribution is -2.05. The first-order chi connectivity index (χ1) is 14.4. The smallest absolute Gasteiger partial charge is 0.232 e. The highest BCUT2D eigenvalue weighted by atomic mass is 19.4. The van der Waals surface area contributed by atoms with Crippen molar-refractivity contribution in [1.29, 1.82) is 10.5 Å². The van der Waals surface area contributed by atoms with Crippen molar-refractivity contribution in [3.63, 3.8) is 0 Å². The number of alkyl halides is 3. The van der Waals surface area contributed by atoms with E-state index >= 15 is 0 Å². The van der Waals surface area contributed by atoms with Crippen molar-refractivity contribution in [2.45, 2.75) is 6.18 Å². The minimum absolute atomic E-state index is 0.161. The monoisotopic (exact) mass is 400 g/mol. The van der Waals surface area contributed by atoms with Gasteiger partial charge in [0, 0.05) is 11.1 Å². The molecule has 0 aliphatic heterocycles. The van der Waals surface area contributed by atoms with Gasteiger partial charge in [0.15, 0.2) is 17.1 Å². The van der Waals surface area contributed by atoms with Crippen LogP contribution in [0.4, 0.5) is 13.2 Å². The summed E-state index contributed by atoms with van der Waals surface area (Å²) < 4.78 is 38.4. The molecule has 1 aliphatic rings. The Hall–Kier alpha value is -4.55. The van der Waals surface area contributed by atoms with Crippen LogP contribution in [0.2, 0.25) is 0 Å². The highest BCUT2D eigenvalue weighted by Crippen LogP contribution is 2.38. The molecule has 0 bridgehead atoms. The number of benzene rings is 2. The van der Waals surface area contributed by atoms with E-state index in [9.17, 15) is 23.7 Å². The Balaban J connectivity index is 1.89. The van der Waals surface area contributed by atoms with Crippen molar-refractivity contribution >= 4 is 5.71 Å². The van der Waals surface area contributed by atoms with E-state index in [0.717, 1.165) is 12.1 Å². The van der Waals surface area contributed by atoms with E-state index in [1.165, 1.54) is 12.1 Å². The van der Waals surface area contributed by atoms with Gasteiger partial charge in [-0.05, 0) is 29.3 Å². The first kappa shape index (κ1) is 18.8. The van der Waals surface area contributed by atoms with Gasteiger partial charge in [-0.15, -0.1) is 4.95 Å². The zero-order chi connectivity index (χ0) is 21.5. The van der Waals surface area contributed by atoms with Crippen molar-refractivity contribution < 1.29 is 13.2 Å². The Kier molecular flexibility index (Phi) is 4.26. The van der Waals surface area contributed by atoms with E-state index in [4.69, 9.17) is 6.57 Å². The van der Waals surface area contributed by atoms with Crippen LogP contribution in [-0.2, 0) is 6.18 Å². The quantitative estimate of drug-likeness (QED) is 0.346. The number of nitriles is 2. The number of fused-ring (bicyclic) bond motifs is 3. The number of hydrogen-bond acceptors (Lipinski definition) is 5. The highest BCUT2D eigenvalue weighted by molar-refractivity contribution is 6.23. The molecular formula is C21H7F3N6. The van der Waals surface area contributed by atoms with Gasteiger partial charge >= 0.3 is 6.18 Å². The Morgan fingerprint density at radius 1 is 0.867 bits per heavy atom. The number of aromatic nitrogens is 2. The number of nitrogens with zero attached hydrogens (tertiary/aromatic N) is 6. The summed E-state index contributed by atoms with van der Waals surface area (Å²) in [6, 6.07) is 13.4. The predicted octanol–water partition coefficient (Wildman–Crippen LogP) is 4.56. The summed E-state index contributed by atoms with van der Waals surface area (Å²) in [6.45, 7) is 7.05. The molecule has 142 valence electrons. The molecule has 0 saturated carbocycles. The van der Waals surface area contributed by atoms with Gasteiger partial charge in [0.05, 0.1) is 10.7 Å². The van der Waals surface area contributed by atoms with Gasteiger partial charge in [0.1, 0.15) is 23.5 Å². The fourth-order valence-corrected chi connectivity index (χ4v) is 3.20. The summed E-state index contributed by atoms with van der Waals surface area (Å²) in [6.07, 6.45) is -4.43. The molecule has 0 N–H and O–H groups in total. The molecule has 0 fully saturated rings. The first-order valence-corrected chi connectivity index (χ1v) is 8.37. The molecule has 0 unspecified atom stereocenters. The molecule has 6 nitrogen and oxygen atoms in total. The Bertz CT molecular complexity index is 1350. The maximum atomic E-state index is 12.8. The summed E-state index contributed by atoms with van der Waals surface area (Å²) in [5.74, 6) is 0. The third-order valence-corrected chi connectivity index (χ3v) is 4.56. The highest BCUT2D eigenvalue weighted by Gasteiger charge is 2.33. The van der Waals surface area contributed by atoms with E-state index in [-0.39, 0.29) is 28.5 Å². The van der Waals surface area contributed by atoms with Crippen molar-refractivity contribution in [3.05, 3.63) is 82.2 Å². The molecule has 3 aromatic rings. The molecule has 0 spiro atoms. The number of rotatable bonds is 1. The summed E-state index contributed by atoms with van der Waals surface area (Å²) in [4.78, 5) is 11.4. The van der Waals surface area contributed by atoms with Crippen LogP contribution in [-0.4, -0.2) is 15.7 Å². The number of halogens is 3. The summed E-state index contributed by atoms with van der Waals surface area (Å²) in [5, 5.41) is 22.2. The third-order valence-electron chi connectivity index (χ3n) is 4.56. The molecule has 0 atom stereocenters. The van der Waals surface area contributed by atoms with Gasteiger partial charge in [-0.3, -0.25) is 0 Å². The SMILES string of the molecule is [C-]#[N+]/N=C1/c2ccc(-c3ccc(C(F)(F)F)cc3)cc2-c2nc(C#N)c(C#N)nc21. The molecule has 1 heterocycles. The van der Waals surface area contributed by atoms with Gasteiger partial charge in [-0.25, -0.2) is 9.97 Å². The van der Waals surface area contributed by atoms with Crippen molar-refractivity contribution in [2.75, 3.05) is 0 Å².